The Morgan fingerprint density at radius 2 is 1.79 bits per heavy atom. The first kappa shape index (κ1) is 14.2. The van der Waals surface area contributed by atoms with Crippen LogP contribution in [-0.4, -0.2) is 50.1 Å². The highest BCUT2D eigenvalue weighted by Gasteiger charge is 2.22. The first-order valence-electron chi connectivity index (χ1n) is 4.70. The Morgan fingerprint density at radius 1 is 1.21 bits per heavy atom. The van der Waals surface area contributed by atoms with Gasteiger partial charge < -0.3 is 0 Å². The largest absolute Gasteiger partial charge is 0.281 e. The lowest BCUT2D eigenvalue weighted by Crippen LogP contribution is -2.41. The molecule has 0 radical (unpaired) electrons. The van der Waals surface area contributed by atoms with Gasteiger partial charge in [0.05, 0.1) is 0 Å². The molecule has 86 valence electrons. The second-order valence-electron chi connectivity index (χ2n) is 3.23. The summed E-state index contributed by atoms with van der Waals surface area (Å²) in [6.07, 6.45) is 1.84. The summed E-state index contributed by atoms with van der Waals surface area (Å²) < 4.78 is 26.1. The predicted octanol–water partition coefficient (Wildman–Crippen LogP) is 1.13. The van der Waals surface area contributed by atoms with Crippen molar-refractivity contribution in [1.82, 2.24) is 8.61 Å². The van der Waals surface area contributed by atoms with E-state index < -0.39 is 10.2 Å². The van der Waals surface area contributed by atoms with Crippen LogP contribution in [0.15, 0.2) is 0 Å². The third-order valence-corrected chi connectivity index (χ3v) is 3.99. The number of nitrogens with zero attached hydrogens (tertiary/aromatic N) is 2. The summed E-state index contributed by atoms with van der Waals surface area (Å²) in [5.41, 5.74) is 0. The molecule has 0 aromatic heterocycles. The van der Waals surface area contributed by atoms with Crippen LogP contribution in [0.5, 0.6) is 0 Å². The molecule has 0 aromatic carbocycles. The molecule has 14 heavy (non-hydrogen) atoms. The number of hydrogen-bond acceptors (Lipinski definition) is 2. The van der Waals surface area contributed by atoms with E-state index in [1.807, 2.05) is 6.92 Å². The Bertz CT molecular complexity index is 242. The van der Waals surface area contributed by atoms with Crippen molar-refractivity contribution in [1.29, 1.82) is 0 Å². The number of halogens is 1. The van der Waals surface area contributed by atoms with E-state index in [0.29, 0.717) is 19.0 Å². The van der Waals surface area contributed by atoms with Crippen LogP contribution in [-0.2, 0) is 10.2 Å². The molecule has 0 unspecified atom stereocenters. The van der Waals surface area contributed by atoms with Crippen LogP contribution >= 0.6 is 11.6 Å². The highest BCUT2D eigenvalue weighted by Crippen LogP contribution is 2.06. The molecule has 0 aliphatic rings. The van der Waals surface area contributed by atoms with Gasteiger partial charge in [-0.25, -0.2) is 0 Å². The van der Waals surface area contributed by atoms with Crippen LogP contribution in [0.25, 0.3) is 0 Å². The number of unbranched alkanes of at least 4 members (excludes halogenated alkanes) is 1. The molecule has 0 aliphatic carbocycles. The minimum absolute atomic E-state index is 0.330. The lowest BCUT2D eigenvalue weighted by molar-refractivity contribution is 0.382. The minimum atomic E-state index is -3.29. The van der Waals surface area contributed by atoms with E-state index in [-0.39, 0.29) is 0 Å². The minimum Gasteiger partial charge on any atom is -0.195 e. The van der Waals surface area contributed by atoms with Gasteiger partial charge >= 0.3 is 0 Å². The maximum absolute atomic E-state index is 11.7. The maximum atomic E-state index is 11.7. The van der Waals surface area contributed by atoms with Gasteiger partial charge in [0.15, 0.2) is 0 Å². The molecule has 0 fully saturated rings. The molecule has 0 bridgehead atoms. The number of alkyl halides is 1. The molecule has 4 nitrogen and oxygen atoms in total. The molecule has 0 saturated carbocycles. The third kappa shape index (κ3) is 4.13. The summed E-state index contributed by atoms with van der Waals surface area (Å²) in [6, 6.07) is 0. The Labute approximate surface area is 92.0 Å². The molecular weight excluding hydrogens is 224 g/mol. The zero-order valence-corrected chi connectivity index (χ0v) is 10.6. The van der Waals surface area contributed by atoms with Crippen LogP contribution in [0.3, 0.4) is 0 Å². The Balaban J connectivity index is 4.47. The summed E-state index contributed by atoms with van der Waals surface area (Å²) >= 11 is 5.56. The quantitative estimate of drug-likeness (QED) is 0.628. The highest BCUT2D eigenvalue weighted by atomic mass is 35.5. The first-order valence-corrected chi connectivity index (χ1v) is 6.63. The van der Waals surface area contributed by atoms with Crippen LogP contribution in [0, 0.1) is 0 Å². The molecule has 0 amide bonds. The van der Waals surface area contributed by atoms with Crippen LogP contribution in [0.1, 0.15) is 19.8 Å². The zero-order chi connectivity index (χ0) is 11.2. The Morgan fingerprint density at radius 3 is 2.14 bits per heavy atom. The topological polar surface area (TPSA) is 40.6 Å². The van der Waals surface area contributed by atoms with E-state index in [9.17, 15) is 8.42 Å². The van der Waals surface area contributed by atoms with E-state index in [1.54, 1.807) is 0 Å². The van der Waals surface area contributed by atoms with Gasteiger partial charge in [-0.3, -0.25) is 0 Å². The van der Waals surface area contributed by atoms with Crippen LogP contribution in [0.2, 0.25) is 0 Å². The van der Waals surface area contributed by atoms with Gasteiger partial charge in [0.2, 0.25) is 0 Å². The predicted molar refractivity (Wildman–Crippen MR) is 59.8 cm³/mol. The Hall–Kier alpha value is 0.160. The van der Waals surface area contributed by atoms with E-state index in [2.05, 4.69) is 0 Å². The monoisotopic (exact) mass is 242 g/mol. The summed E-state index contributed by atoms with van der Waals surface area (Å²) in [5, 5.41) is 0. The number of hydrogen-bond donors (Lipinski definition) is 0. The van der Waals surface area contributed by atoms with Crippen molar-refractivity contribution >= 4 is 21.8 Å². The molecule has 6 heteroatoms. The fourth-order valence-electron chi connectivity index (χ4n) is 1.00. The summed E-state index contributed by atoms with van der Waals surface area (Å²) in [5.74, 6) is 0.330. The van der Waals surface area contributed by atoms with Gasteiger partial charge in [-0.1, -0.05) is 13.3 Å². The lowest BCUT2D eigenvalue weighted by Gasteiger charge is -2.24. The zero-order valence-electron chi connectivity index (χ0n) is 9.03. The maximum Gasteiger partial charge on any atom is 0.281 e. The van der Waals surface area contributed by atoms with Gasteiger partial charge in [-0.05, 0) is 6.42 Å². The molecule has 0 saturated heterocycles. The van der Waals surface area contributed by atoms with Crippen LogP contribution in [0.4, 0.5) is 0 Å². The van der Waals surface area contributed by atoms with Gasteiger partial charge in [-0.15, -0.1) is 11.6 Å². The van der Waals surface area contributed by atoms with E-state index in [1.165, 1.54) is 22.7 Å². The highest BCUT2D eigenvalue weighted by molar-refractivity contribution is 7.86. The van der Waals surface area contributed by atoms with Crippen molar-refractivity contribution < 1.29 is 8.42 Å². The van der Waals surface area contributed by atoms with E-state index >= 15 is 0 Å². The summed E-state index contributed by atoms with van der Waals surface area (Å²) in [7, 11) is -0.231. The van der Waals surface area contributed by atoms with Crippen molar-refractivity contribution in [3.8, 4) is 0 Å². The van der Waals surface area contributed by atoms with E-state index in [0.717, 1.165) is 12.8 Å². The van der Waals surface area contributed by atoms with Crippen molar-refractivity contribution in [2.24, 2.45) is 0 Å². The molecule has 0 atom stereocenters. The second kappa shape index (κ2) is 6.61. The third-order valence-electron chi connectivity index (χ3n) is 1.88. The summed E-state index contributed by atoms with van der Waals surface area (Å²) in [6.45, 7) is 2.95. The van der Waals surface area contributed by atoms with Crippen molar-refractivity contribution in [3.05, 3.63) is 0 Å². The standard InChI is InChI=1S/C8H19ClN2O2S/c1-4-5-7-11(8-6-9)14(12,13)10(2)3/h4-8H2,1-3H3. The average Bonchev–Trinajstić information content (AvgIpc) is 2.11. The molecule has 0 heterocycles. The van der Waals surface area contributed by atoms with E-state index in [4.69, 9.17) is 11.6 Å². The molecule has 0 aliphatic heterocycles. The summed E-state index contributed by atoms with van der Waals surface area (Å²) in [4.78, 5) is 0. The van der Waals surface area contributed by atoms with Crippen molar-refractivity contribution in [3.63, 3.8) is 0 Å². The first-order chi connectivity index (χ1) is 6.46. The van der Waals surface area contributed by atoms with Gasteiger partial charge in [0.1, 0.15) is 0 Å². The number of rotatable bonds is 7. The normalized spacial score (nSPS) is 12.7. The fraction of sp³-hybridized carbons (Fsp3) is 1.00. The Kier molecular flexibility index (Phi) is 6.68. The molecule has 0 N–H and O–H groups in total. The smallest absolute Gasteiger partial charge is 0.195 e. The molecular formula is C8H19ClN2O2S. The fourth-order valence-corrected chi connectivity index (χ4v) is 2.45. The molecule has 0 aromatic rings. The van der Waals surface area contributed by atoms with Crippen LogP contribution < -0.4 is 0 Å². The molecule has 0 spiro atoms. The second-order valence-corrected chi connectivity index (χ2v) is 5.75. The molecule has 0 rings (SSSR count). The van der Waals surface area contributed by atoms with Crippen molar-refractivity contribution in [2.75, 3.05) is 33.1 Å². The van der Waals surface area contributed by atoms with Gasteiger partial charge in [0, 0.05) is 33.1 Å². The average molecular weight is 243 g/mol. The van der Waals surface area contributed by atoms with Crippen molar-refractivity contribution in [2.45, 2.75) is 19.8 Å². The SMILES string of the molecule is CCCCN(CCCl)S(=O)(=O)N(C)C. The lowest BCUT2D eigenvalue weighted by atomic mass is 10.3. The van der Waals surface area contributed by atoms with Gasteiger partial charge in [0.25, 0.3) is 10.2 Å². The van der Waals surface area contributed by atoms with Gasteiger partial charge in [-0.2, -0.15) is 17.0 Å².